The normalized spacial score (nSPS) is 12.2. The minimum atomic E-state index is -0.378. The maximum Gasteiger partial charge on any atom is 0.136 e. The van der Waals surface area contributed by atoms with Gasteiger partial charge in [0.2, 0.25) is 0 Å². The van der Waals surface area contributed by atoms with Gasteiger partial charge in [-0.25, -0.2) is 4.39 Å². The summed E-state index contributed by atoms with van der Waals surface area (Å²) in [5.41, 5.74) is 7.47. The van der Waals surface area contributed by atoms with E-state index in [9.17, 15) is 4.39 Å². The highest BCUT2D eigenvalue weighted by Crippen LogP contribution is 2.26. The van der Waals surface area contributed by atoms with E-state index in [0.29, 0.717) is 5.75 Å². The molecule has 1 atom stereocenters. The molecule has 2 rings (SSSR count). The second kappa shape index (κ2) is 6.73. The standard InChI is InChI=1S/C16H17ClFNO/c1-2-11-9-14(6-7-15(11)17)20-16(10-19)12-4-3-5-13(18)8-12/h3-9,16H,2,10,19H2,1H3. The van der Waals surface area contributed by atoms with Crippen LogP contribution in [0.5, 0.6) is 5.75 Å². The Balaban J connectivity index is 2.22. The lowest BCUT2D eigenvalue weighted by Gasteiger charge is -2.18. The van der Waals surface area contributed by atoms with Crippen LogP contribution in [0.4, 0.5) is 4.39 Å². The maximum absolute atomic E-state index is 13.3. The van der Waals surface area contributed by atoms with Crippen LogP contribution in [-0.4, -0.2) is 6.54 Å². The van der Waals surface area contributed by atoms with Gasteiger partial charge in [-0.1, -0.05) is 30.7 Å². The third-order valence-corrected chi connectivity index (χ3v) is 3.48. The number of rotatable bonds is 5. The van der Waals surface area contributed by atoms with Gasteiger partial charge < -0.3 is 10.5 Å². The van der Waals surface area contributed by atoms with Crippen LogP contribution in [0.1, 0.15) is 24.2 Å². The number of halogens is 2. The Morgan fingerprint density at radius 1 is 1.25 bits per heavy atom. The van der Waals surface area contributed by atoms with E-state index in [1.165, 1.54) is 12.1 Å². The third kappa shape index (κ3) is 3.50. The molecule has 20 heavy (non-hydrogen) atoms. The van der Waals surface area contributed by atoms with Crippen LogP contribution in [-0.2, 0) is 6.42 Å². The largest absolute Gasteiger partial charge is 0.484 e. The van der Waals surface area contributed by atoms with E-state index in [2.05, 4.69) is 0 Å². The Hall–Kier alpha value is -1.58. The van der Waals surface area contributed by atoms with E-state index in [1.807, 2.05) is 13.0 Å². The van der Waals surface area contributed by atoms with Crippen molar-refractivity contribution >= 4 is 11.6 Å². The van der Waals surface area contributed by atoms with Crippen LogP contribution in [0.25, 0.3) is 0 Å². The van der Waals surface area contributed by atoms with Crippen molar-refractivity contribution in [3.05, 3.63) is 64.4 Å². The Kier molecular flexibility index (Phi) is 4.99. The van der Waals surface area contributed by atoms with Gasteiger partial charge >= 0.3 is 0 Å². The molecule has 2 aromatic carbocycles. The lowest BCUT2D eigenvalue weighted by atomic mass is 10.1. The summed E-state index contributed by atoms with van der Waals surface area (Å²) >= 11 is 6.07. The van der Waals surface area contributed by atoms with Crippen LogP contribution in [0, 0.1) is 5.82 Å². The van der Waals surface area contributed by atoms with E-state index in [4.69, 9.17) is 22.1 Å². The Morgan fingerprint density at radius 2 is 2.05 bits per heavy atom. The molecule has 0 aliphatic heterocycles. The zero-order chi connectivity index (χ0) is 14.5. The van der Waals surface area contributed by atoms with Crippen molar-refractivity contribution in [3.63, 3.8) is 0 Å². The first kappa shape index (κ1) is 14.8. The van der Waals surface area contributed by atoms with E-state index < -0.39 is 0 Å². The maximum atomic E-state index is 13.3. The zero-order valence-corrected chi connectivity index (χ0v) is 12.0. The minimum Gasteiger partial charge on any atom is -0.484 e. The fraction of sp³-hybridized carbons (Fsp3) is 0.250. The predicted octanol–water partition coefficient (Wildman–Crippen LogP) is 4.12. The predicted molar refractivity (Wildman–Crippen MR) is 79.7 cm³/mol. The highest BCUT2D eigenvalue weighted by atomic mass is 35.5. The number of benzene rings is 2. The topological polar surface area (TPSA) is 35.2 Å². The molecule has 106 valence electrons. The van der Waals surface area contributed by atoms with Crippen molar-refractivity contribution in [2.45, 2.75) is 19.4 Å². The van der Waals surface area contributed by atoms with E-state index in [0.717, 1.165) is 22.6 Å². The molecular weight excluding hydrogens is 277 g/mol. The van der Waals surface area contributed by atoms with Gasteiger partial charge in [-0.05, 0) is 47.9 Å². The Labute approximate surface area is 123 Å². The number of ether oxygens (including phenoxy) is 1. The molecule has 0 aliphatic rings. The molecule has 0 saturated carbocycles. The number of nitrogens with two attached hydrogens (primary N) is 1. The molecule has 0 aromatic heterocycles. The van der Waals surface area contributed by atoms with Crippen LogP contribution < -0.4 is 10.5 Å². The second-order valence-corrected chi connectivity index (χ2v) is 4.91. The quantitative estimate of drug-likeness (QED) is 0.900. The molecule has 0 aliphatic carbocycles. The van der Waals surface area contributed by atoms with E-state index in [1.54, 1.807) is 24.3 Å². The Morgan fingerprint density at radius 3 is 2.70 bits per heavy atom. The van der Waals surface area contributed by atoms with Crippen LogP contribution in [0.15, 0.2) is 42.5 Å². The number of hydrogen-bond donors (Lipinski definition) is 1. The van der Waals surface area contributed by atoms with Crippen molar-refractivity contribution in [2.24, 2.45) is 5.73 Å². The molecule has 2 nitrogen and oxygen atoms in total. The lowest BCUT2D eigenvalue weighted by molar-refractivity contribution is 0.213. The van der Waals surface area contributed by atoms with Crippen LogP contribution in [0.2, 0.25) is 5.02 Å². The average Bonchev–Trinajstić information content (AvgIpc) is 2.46. The molecule has 0 amide bonds. The van der Waals surface area contributed by atoms with Gasteiger partial charge in [-0.15, -0.1) is 0 Å². The van der Waals surface area contributed by atoms with Crippen LogP contribution in [0.3, 0.4) is 0 Å². The molecule has 2 aromatic rings. The van der Waals surface area contributed by atoms with Gasteiger partial charge in [0.15, 0.2) is 0 Å². The molecule has 0 saturated heterocycles. The summed E-state index contributed by atoms with van der Waals surface area (Å²) in [6, 6.07) is 11.8. The number of aryl methyl sites for hydroxylation is 1. The van der Waals surface area contributed by atoms with Crippen molar-refractivity contribution < 1.29 is 9.13 Å². The molecular formula is C16H17ClFNO. The summed E-state index contributed by atoms with van der Waals surface area (Å²) in [5.74, 6) is 0.390. The summed E-state index contributed by atoms with van der Waals surface area (Å²) in [5, 5.41) is 0.718. The number of hydrogen-bond acceptors (Lipinski definition) is 2. The molecule has 1 unspecified atom stereocenters. The average molecular weight is 294 g/mol. The zero-order valence-electron chi connectivity index (χ0n) is 11.3. The fourth-order valence-electron chi connectivity index (χ4n) is 2.02. The summed E-state index contributed by atoms with van der Waals surface area (Å²) in [4.78, 5) is 0. The van der Waals surface area contributed by atoms with Gasteiger partial charge in [-0.2, -0.15) is 0 Å². The minimum absolute atomic E-state index is 0.271. The van der Waals surface area contributed by atoms with Gasteiger partial charge in [0.25, 0.3) is 0 Å². The summed E-state index contributed by atoms with van der Waals surface area (Å²) < 4.78 is 19.1. The summed E-state index contributed by atoms with van der Waals surface area (Å²) in [6.45, 7) is 2.30. The van der Waals surface area contributed by atoms with Gasteiger partial charge in [0.05, 0.1) is 0 Å². The summed E-state index contributed by atoms with van der Waals surface area (Å²) in [6.07, 6.45) is 0.445. The summed E-state index contributed by atoms with van der Waals surface area (Å²) in [7, 11) is 0. The smallest absolute Gasteiger partial charge is 0.136 e. The highest BCUT2D eigenvalue weighted by molar-refractivity contribution is 6.31. The lowest BCUT2D eigenvalue weighted by Crippen LogP contribution is -2.18. The fourth-order valence-corrected chi connectivity index (χ4v) is 2.27. The molecule has 0 fully saturated rings. The van der Waals surface area contributed by atoms with Crippen LogP contribution >= 0.6 is 11.6 Å². The molecule has 0 heterocycles. The van der Waals surface area contributed by atoms with E-state index >= 15 is 0 Å². The monoisotopic (exact) mass is 293 g/mol. The van der Waals surface area contributed by atoms with Gasteiger partial charge in [-0.3, -0.25) is 0 Å². The van der Waals surface area contributed by atoms with Gasteiger partial charge in [0, 0.05) is 11.6 Å². The highest BCUT2D eigenvalue weighted by Gasteiger charge is 2.13. The molecule has 4 heteroatoms. The van der Waals surface area contributed by atoms with Crippen molar-refractivity contribution in [1.29, 1.82) is 0 Å². The molecule has 0 spiro atoms. The third-order valence-electron chi connectivity index (χ3n) is 3.11. The first-order chi connectivity index (χ1) is 9.63. The SMILES string of the molecule is CCc1cc(OC(CN)c2cccc(F)c2)ccc1Cl. The van der Waals surface area contributed by atoms with Crippen molar-refractivity contribution in [1.82, 2.24) is 0 Å². The van der Waals surface area contributed by atoms with E-state index in [-0.39, 0.29) is 18.5 Å². The molecule has 0 bridgehead atoms. The second-order valence-electron chi connectivity index (χ2n) is 4.50. The van der Waals surface area contributed by atoms with Crippen molar-refractivity contribution in [2.75, 3.05) is 6.54 Å². The van der Waals surface area contributed by atoms with Crippen molar-refractivity contribution in [3.8, 4) is 5.75 Å². The first-order valence-corrected chi connectivity index (χ1v) is 6.92. The Bertz CT molecular complexity index is 588. The van der Waals surface area contributed by atoms with Gasteiger partial charge in [0.1, 0.15) is 17.7 Å². The molecule has 2 N–H and O–H groups in total. The first-order valence-electron chi connectivity index (χ1n) is 6.54. The molecule has 0 radical (unpaired) electrons.